The van der Waals surface area contributed by atoms with Gasteiger partial charge >= 0.3 is 0 Å². The molecule has 0 aromatic carbocycles. The number of hydrogen-bond donors (Lipinski definition) is 3. The van der Waals surface area contributed by atoms with E-state index in [-0.39, 0.29) is 6.42 Å². The molecule has 0 radical (unpaired) electrons. The minimum atomic E-state index is -1.99. The summed E-state index contributed by atoms with van der Waals surface area (Å²) in [5.74, 6) is 8.65. The minimum absolute atomic E-state index is 0.0985. The van der Waals surface area contributed by atoms with E-state index in [0.717, 1.165) is 44.9 Å². The minimum Gasteiger partial charge on any atom is -0.369 e. The number of amides is 1. The fraction of sp³-hybridized carbons (Fsp3) is 0.808. The van der Waals surface area contributed by atoms with E-state index in [4.69, 9.17) is 5.73 Å². The first-order valence-electron chi connectivity index (χ1n) is 12.2. The van der Waals surface area contributed by atoms with Gasteiger partial charge in [0, 0.05) is 12.8 Å². The molecule has 0 saturated carbocycles. The third-order valence-corrected chi connectivity index (χ3v) is 5.61. The zero-order valence-electron chi connectivity index (χ0n) is 19.5. The fourth-order valence-corrected chi connectivity index (χ4v) is 3.50. The van der Waals surface area contributed by atoms with Crippen molar-refractivity contribution >= 4 is 5.91 Å². The van der Waals surface area contributed by atoms with Crippen LogP contribution in [0.15, 0.2) is 0 Å². The average molecular weight is 420 g/mol. The lowest BCUT2D eigenvalue weighted by Crippen LogP contribution is -2.44. The van der Waals surface area contributed by atoms with Crippen molar-refractivity contribution in [2.45, 2.75) is 129 Å². The number of carbonyl (C=O) groups is 1. The van der Waals surface area contributed by atoms with E-state index in [1.807, 2.05) is 0 Å². The molecule has 0 bridgehead atoms. The van der Waals surface area contributed by atoms with Gasteiger partial charge in [0.25, 0.3) is 0 Å². The molecule has 4 N–H and O–H groups in total. The van der Waals surface area contributed by atoms with Gasteiger partial charge in [0.15, 0.2) is 5.79 Å². The van der Waals surface area contributed by atoms with Gasteiger partial charge in [-0.15, -0.1) is 0 Å². The maximum absolute atomic E-state index is 11.4. The number of rotatable bonds is 18. The van der Waals surface area contributed by atoms with Crippen LogP contribution < -0.4 is 5.73 Å². The summed E-state index contributed by atoms with van der Waals surface area (Å²) in [5.41, 5.74) is 5.29. The van der Waals surface area contributed by atoms with E-state index in [0.29, 0.717) is 6.42 Å². The van der Waals surface area contributed by atoms with Crippen molar-refractivity contribution in [3.8, 4) is 23.7 Å². The number of carbonyl (C=O) groups excluding carboxylic acids is 1. The van der Waals surface area contributed by atoms with E-state index in [2.05, 4.69) is 30.6 Å². The number of aliphatic hydroxyl groups is 2. The first kappa shape index (κ1) is 28.5. The second-order valence-electron chi connectivity index (χ2n) is 8.32. The highest BCUT2D eigenvalue weighted by Gasteiger charge is 2.36. The third-order valence-electron chi connectivity index (χ3n) is 5.61. The van der Waals surface area contributed by atoms with Gasteiger partial charge in [-0.05, 0) is 37.5 Å². The van der Waals surface area contributed by atoms with Gasteiger partial charge in [-0.2, -0.15) is 0 Å². The lowest BCUT2D eigenvalue weighted by molar-refractivity contribution is -0.203. The van der Waals surface area contributed by atoms with Crippen molar-refractivity contribution in [3.05, 3.63) is 0 Å². The SMILES string of the molecule is CCCCCCCCCCC#CC#CCCCCCCCC(C(N)=O)C(O)(O)CC. The Balaban J connectivity index is 3.60. The lowest BCUT2D eigenvalue weighted by Gasteiger charge is -2.27. The molecule has 0 spiro atoms. The van der Waals surface area contributed by atoms with Crippen LogP contribution in [0.5, 0.6) is 0 Å². The van der Waals surface area contributed by atoms with Crippen molar-refractivity contribution in [2.24, 2.45) is 11.7 Å². The Bertz CT molecular complexity index is 548. The van der Waals surface area contributed by atoms with Crippen LogP contribution in [-0.2, 0) is 4.79 Å². The zero-order chi connectivity index (χ0) is 22.5. The smallest absolute Gasteiger partial charge is 0.225 e. The van der Waals surface area contributed by atoms with Crippen molar-refractivity contribution < 1.29 is 15.0 Å². The zero-order valence-corrected chi connectivity index (χ0v) is 19.5. The number of primary amides is 1. The molecule has 4 nitrogen and oxygen atoms in total. The predicted molar refractivity (Wildman–Crippen MR) is 125 cm³/mol. The summed E-state index contributed by atoms with van der Waals surface area (Å²) >= 11 is 0. The van der Waals surface area contributed by atoms with Crippen LogP contribution in [0.1, 0.15) is 123 Å². The first-order chi connectivity index (χ1) is 14.5. The monoisotopic (exact) mass is 419 g/mol. The van der Waals surface area contributed by atoms with Crippen LogP contribution >= 0.6 is 0 Å². The first-order valence-corrected chi connectivity index (χ1v) is 12.2. The van der Waals surface area contributed by atoms with Crippen LogP contribution in [0.3, 0.4) is 0 Å². The molecule has 1 atom stereocenters. The van der Waals surface area contributed by atoms with E-state index in [1.54, 1.807) is 6.92 Å². The topological polar surface area (TPSA) is 83.6 Å². The van der Waals surface area contributed by atoms with Crippen LogP contribution in [-0.4, -0.2) is 21.9 Å². The van der Waals surface area contributed by atoms with Crippen LogP contribution in [0, 0.1) is 29.6 Å². The van der Waals surface area contributed by atoms with Gasteiger partial charge in [0.1, 0.15) is 0 Å². The van der Waals surface area contributed by atoms with Gasteiger partial charge in [0.2, 0.25) is 5.91 Å². The van der Waals surface area contributed by atoms with E-state index < -0.39 is 17.6 Å². The summed E-state index contributed by atoms with van der Waals surface area (Å²) < 4.78 is 0. The van der Waals surface area contributed by atoms with Gasteiger partial charge in [-0.1, -0.05) is 96.3 Å². The summed E-state index contributed by atoms with van der Waals surface area (Å²) in [6.45, 7) is 3.89. The lowest BCUT2D eigenvalue weighted by atomic mass is 9.90. The van der Waals surface area contributed by atoms with Crippen LogP contribution in [0.25, 0.3) is 0 Å². The maximum atomic E-state index is 11.4. The number of hydrogen-bond acceptors (Lipinski definition) is 3. The van der Waals surface area contributed by atoms with E-state index >= 15 is 0 Å². The molecular weight excluding hydrogens is 374 g/mol. The molecule has 172 valence electrons. The normalized spacial score (nSPS) is 11.9. The largest absolute Gasteiger partial charge is 0.369 e. The molecule has 0 aromatic rings. The van der Waals surface area contributed by atoms with Crippen LogP contribution in [0.2, 0.25) is 0 Å². The Morgan fingerprint density at radius 1 is 0.767 bits per heavy atom. The van der Waals surface area contributed by atoms with Gasteiger partial charge < -0.3 is 15.9 Å². The van der Waals surface area contributed by atoms with Gasteiger partial charge in [-0.25, -0.2) is 0 Å². The summed E-state index contributed by atoms with van der Waals surface area (Å²) in [5, 5.41) is 19.7. The summed E-state index contributed by atoms with van der Waals surface area (Å²) in [6, 6.07) is 0. The molecule has 1 amide bonds. The third kappa shape index (κ3) is 16.3. The standard InChI is InChI=1S/C26H45NO3/c1-3-5-6-7-8-9-10-11-12-13-14-15-16-17-18-19-20-21-22-23-24(25(27)28)26(29,30)4-2/h24,29-30H,3-12,17-23H2,1-2H3,(H2,27,28). The molecule has 0 fully saturated rings. The molecular formula is C26H45NO3. The molecule has 30 heavy (non-hydrogen) atoms. The molecule has 1 unspecified atom stereocenters. The summed E-state index contributed by atoms with van der Waals surface area (Å²) in [7, 11) is 0. The highest BCUT2D eigenvalue weighted by molar-refractivity contribution is 5.77. The maximum Gasteiger partial charge on any atom is 0.225 e. The van der Waals surface area contributed by atoms with Crippen molar-refractivity contribution in [2.75, 3.05) is 0 Å². The van der Waals surface area contributed by atoms with Crippen molar-refractivity contribution in [1.82, 2.24) is 0 Å². The Hall–Kier alpha value is -1.49. The highest BCUT2D eigenvalue weighted by Crippen LogP contribution is 2.24. The molecule has 0 heterocycles. The Morgan fingerprint density at radius 3 is 1.63 bits per heavy atom. The van der Waals surface area contributed by atoms with Gasteiger partial charge in [0.05, 0.1) is 5.92 Å². The number of nitrogens with two attached hydrogens (primary N) is 1. The Kier molecular flexibility index (Phi) is 18.5. The van der Waals surface area contributed by atoms with Crippen LogP contribution in [0.4, 0.5) is 0 Å². The molecule has 0 aliphatic rings. The summed E-state index contributed by atoms with van der Waals surface area (Å²) in [6.07, 6.45) is 17.8. The second-order valence-corrected chi connectivity index (χ2v) is 8.32. The Morgan fingerprint density at radius 2 is 1.20 bits per heavy atom. The second kappa shape index (κ2) is 19.5. The average Bonchev–Trinajstić information content (AvgIpc) is 2.71. The molecule has 0 aliphatic heterocycles. The van der Waals surface area contributed by atoms with Gasteiger partial charge in [-0.3, -0.25) is 4.79 Å². The molecule has 0 aliphatic carbocycles. The molecule has 4 heteroatoms. The Labute approximate surface area is 185 Å². The molecule has 0 saturated heterocycles. The highest BCUT2D eigenvalue weighted by atomic mass is 16.5. The van der Waals surface area contributed by atoms with Crippen molar-refractivity contribution in [3.63, 3.8) is 0 Å². The predicted octanol–water partition coefficient (Wildman–Crippen LogP) is 5.45. The van der Waals surface area contributed by atoms with Crippen molar-refractivity contribution in [1.29, 1.82) is 0 Å². The molecule has 0 rings (SSSR count). The van der Waals surface area contributed by atoms with E-state index in [1.165, 1.54) is 51.4 Å². The van der Waals surface area contributed by atoms with E-state index in [9.17, 15) is 15.0 Å². The fourth-order valence-electron chi connectivity index (χ4n) is 3.50. The molecule has 0 aromatic heterocycles. The quantitative estimate of drug-likeness (QED) is 0.157. The summed E-state index contributed by atoms with van der Waals surface area (Å²) in [4.78, 5) is 11.4. The number of unbranched alkanes of at least 4 members (excludes halogenated alkanes) is 13.